The molecular formula is C11H16BrNO3S. The van der Waals surface area contributed by atoms with Crippen LogP contribution in [0.4, 0.5) is 5.69 Å². The van der Waals surface area contributed by atoms with Crippen molar-refractivity contribution in [3.05, 3.63) is 22.7 Å². The van der Waals surface area contributed by atoms with Gasteiger partial charge in [0.15, 0.2) is 5.75 Å². The molecule has 1 aromatic rings. The minimum atomic E-state index is -3.46. The monoisotopic (exact) mass is 321 g/mol. The lowest BCUT2D eigenvalue weighted by Crippen LogP contribution is -2.26. The van der Waals surface area contributed by atoms with Gasteiger partial charge in [0.1, 0.15) is 0 Å². The van der Waals surface area contributed by atoms with E-state index in [-0.39, 0.29) is 22.6 Å². The molecule has 0 atom stereocenters. The molecule has 0 aliphatic heterocycles. The molecule has 1 rings (SSSR count). The van der Waals surface area contributed by atoms with Gasteiger partial charge in [-0.15, -0.1) is 0 Å². The van der Waals surface area contributed by atoms with Gasteiger partial charge in [0, 0.05) is 0 Å². The van der Waals surface area contributed by atoms with E-state index in [1.54, 1.807) is 12.1 Å². The van der Waals surface area contributed by atoms with Crippen LogP contribution >= 0.6 is 15.9 Å². The third-order valence-electron chi connectivity index (χ3n) is 1.88. The van der Waals surface area contributed by atoms with Crippen LogP contribution in [-0.4, -0.2) is 19.3 Å². The summed E-state index contributed by atoms with van der Waals surface area (Å²) in [5, 5.41) is 9.69. The maximum Gasteiger partial charge on any atom is 0.233 e. The van der Waals surface area contributed by atoms with E-state index in [0.717, 1.165) is 0 Å². The van der Waals surface area contributed by atoms with Gasteiger partial charge in [0.2, 0.25) is 10.0 Å². The Bertz CT molecular complexity index is 506. The molecule has 0 saturated heterocycles. The average molecular weight is 322 g/mol. The molecule has 0 saturated carbocycles. The molecule has 0 fully saturated rings. The van der Waals surface area contributed by atoms with Crippen LogP contribution in [0.15, 0.2) is 22.7 Å². The summed E-state index contributed by atoms with van der Waals surface area (Å²) in [5.74, 6) is -0.114. The van der Waals surface area contributed by atoms with E-state index in [9.17, 15) is 13.5 Å². The number of nitrogens with one attached hydrogen (secondary N) is 1. The van der Waals surface area contributed by atoms with Crippen molar-refractivity contribution >= 4 is 31.6 Å². The van der Waals surface area contributed by atoms with E-state index in [2.05, 4.69) is 20.7 Å². The molecule has 0 spiro atoms. The van der Waals surface area contributed by atoms with Gasteiger partial charge in [0.25, 0.3) is 0 Å². The lowest BCUT2D eigenvalue weighted by molar-refractivity contribution is 0.462. The number of benzene rings is 1. The van der Waals surface area contributed by atoms with E-state index in [0.29, 0.717) is 4.47 Å². The SMILES string of the molecule is CC(C)(C)CS(=O)(=O)Nc1cccc(Br)c1O. The Morgan fingerprint density at radius 2 is 1.94 bits per heavy atom. The van der Waals surface area contributed by atoms with E-state index in [1.165, 1.54) is 6.07 Å². The maximum atomic E-state index is 11.8. The van der Waals surface area contributed by atoms with E-state index in [1.807, 2.05) is 20.8 Å². The number of hydrogen-bond donors (Lipinski definition) is 2. The maximum absolute atomic E-state index is 11.8. The quantitative estimate of drug-likeness (QED) is 0.841. The van der Waals surface area contributed by atoms with Crippen molar-refractivity contribution in [2.75, 3.05) is 10.5 Å². The number of phenolic OH excluding ortho intramolecular Hbond substituents is 1. The first kappa shape index (κ1) is 14.3. The third kappa shape index (κ3) is 4.55. The number of hydrogen-bond acceptors (Lipinski definition) is 3. The summed E-state index contributed by atoms with van der Waals surface area (Å²) in [7, 11) is -3.46. The molecule has 1 aromatic carbocycles. The summed E-state index contributed by atoms with van der Waals surface area (Å²) in [6.45, 7) is 5.52. The van der Waals surface area contributed by atoms with Gasteiger partial charge in [-0.05, 0) is 33.5 Å². The standard InChI is InChI=1S/C11H16BrNO3S/c1-11(2,3)7-17(15,16)13-9-6-4-5-8(12)10(9)14/h4-6,13-14H,7H2,1-3H3. The molecule has 17 heavy (non-hydrogen) atoms. The van der Waals surface area contributed by atoms with E-state index in [4.69, 9.17) is 0 Å². The summed E-state index contributed by atoms with van der Waals surface area (Å²) in [5.41, 5.74) is -0.156. The zero-order chi connectivity index (χ0) is 13.3. The molecule has 0 heterocycles. The lowest BCUT2D eigenvalue weighted by Gasteiger charge is -2.19. The largest absolute Gasteiger partial charge is 0.505 e. The Hall–Kier alpha value is -0.750. The fraction of sp³-hybridized carbons (Fsp3) is 0.455. The first-order valence-electron chi connectivity index (χ1n) is 5.09. The molecule has 6 heteroatoms. The summed E-state index contributed by atoms with van der Waals surface area (Å²) >= 11 is 3.13. The first-order chi connectivity index (χ1) is 7.61. The van der Waals surface area contributed by atoms with Crippen LogP contribution in [0.25, 0.3) is 0 Å². The van der Waals surface area contributed by atoms with E-state index >= 15 is 0 Å². The van der Waals surface area contributed by atoms with Gasteiger partial charge < -0.3 is 5.11 Å². The number of rotatable bonds is 3. The number of anilines is 1. The van der Waals surface area contributed by atoms with Crippen molar-refractivity contribution in [2.24, 2.45) is 5.41 Å². The average Bonchev–Trinajstić information content (AvgIpc) is 2.08. The van der Waals surface area contributed by atoms with Gasteiger partial charge >= 0.3 is 0 Å². The van der Waals surface area contributed by atoms with Crippen LogP contribution < -0.4 is 4.72 Å². The van der Waals surface area contributed by atoms with Crippen LogP contribution in [0.5, 0.6) is 5.75 Å². The minimum absolute atomic E-state index is 0.00798. The van der Waals surface area contributed by atoms with Crippen LogP contribution in [0.3, 0.4) is 0 Å². The molecule has 0 amide bonds. The normalized spacial score (nSPS) is 12.5. The summed E-state index contributed by atoms with van der Waals surface area (Å²) in [6.07, 6.45) is 0. The van der Waals surface area contributed by atoms with Crippen molar-refractivity contribution in [3.63, 3.8) is 0 Å². The van der Waals surface area contributed by atoms with Crippen LogP contribution in [0.1, 0.15) is 20.8 Å². The molecule has 0 bridgehead atoms. The zero-order valence-corrected chi connectivity index (χ0v) is 12.4. The predicted molar refractivity (Wildman–Crippen MR) is 72.7 cm³/mol. The molecule has 0 aliphatic rings. The highest BCUT2D eigenvalue weighted by Gasteiger charge is 2.22. The second-order valence-corrected chi connectivity index (χ2v) is 7.63. The molecule has 2 N–H and O–H groups in total. The van der Waals surface area contributed by atoms with Gasteiger partial charge in [-0.25, -0.2) is 8.42 Å². The van der Waals surface area contributed by atoms with Crippen molar-refractivity contribution in [3.8, 4) is 5.75 Å². The van der Waals surface area contributed by atoms with E-state index < -0.39 is 10.0 Å². The molecule has 4 nitrogen and oxygen atoms in total. The molecule has 96 valence electrons. The van der Waals surface area contributed by atoms with Gasteiger partial charge in [-0.1, -0.05) is 26.8 Å². The number of aromatic hydroxyl groups is 1. The number of halogens is 1. The molecule has 0 unspecified atom stereocenters. The van der Waals surface area contributed by atoms with Gasteiger partial charge in [0.05, 0.1) is 15.9 Å². The van der Waals surface area contributed by atoms with Crippen LogP contribution in [0.2, 0.25) is 0 Å². The highest BCUT2D eigenvalue weighted by atomic mass is 79.9. The number of sulfonamides is 1. The molecule has 0 radical (unpaired) electrons. The highest BCUT2D eigenvalue weighted by Crippen LogP contribution is 2.32. The molecule has 0 aromatic heterocycles. The Labute approximate surface area is 110 Å². The number of para-hydroxylation sites is 1. The molecular weight excluding hydrogens is 306 g/mol. The van der Waals surface area contributed by atoms with Gasteiger partial charge in [-0.2, -0.15) is 0 Å². The summed E-state index contributed by atoms with van der Waals surface area (Å²) in [6, 6.07) is 4.80. The van der Waals surface area contributed by atoms with Gasteiger partial charge in [-0.3, -0.25) is 4.72 Å². The molecule has 0 aliphatic carbocycles. The fourth-order valence-electron chi connectivity index (χ4n) is 1.37. The first-order valence-corrected chi connectivity index (χ1v) is 7.53. The number of phenols is 1. The summed E-state index contributed by atoms with van der Waals surface area (Å²) < 4.78 is 26.5. The van der Waals surface area contributed by atoms with Crippen LogP contribution in [0, 0.1) is 5.41 Å². The second kappa shape index (κ2) is 4.86. The van der Waals surface area contributed by atoms with Crippen molar-refractivity contribution in [2.45, 2.75) is 20.8 Å². The Morgan fingerprint density at radius 1 is 1.35 bits per heavy atom. The minimum Gasteiger partial charge on any atom is -0.505 e. The predicted octanol–water partition coefficient (Wildman–Crippen LogP) is 2.94. The fourth-order valence-corrected chi connectivity index (χ4v) is 3.45. The van der Waals surface area contributed by atoms with Crippen molar-refractivity contribution in [1.29, 1.82) is 0 Å². The van der Waals surface area contributed by atoms with Crippen LogP contribution in [-0.2, 0) is 10.0 Å². The lowest BCUT2D eigenvalue weighted by atomic mass is 10.0. The topological polar surface area (TPSA) is 66.4 Å². The second-order valence-electron chi connectivity index (χ2n) is 5.06. The Morgan fingerprint density at radius 3 is 2.47 bits per heavy atom. The smallest absolute Gasteiger partial charge is 0.233 e. The van der Waals surface area contributed by atoms with Crippen molar-refractivity contribution < 1.29 is 13.5 Å². The summed E-state index contributed by atoms with van der Waals surface area (Å²) in [4.78, 5) is 0. The zero-order valence-electron chi connectivity index (χ0n) is 9.99. The van der Waals surface area contributed by atoms with Crippen molar-refractivity contribution in [1.82, 2.24) is 0 Å². The third-order valence-corrected chi connectivity index (χ3v) is 4.29. The Kier molecular flexibility index (Phi) is 4.09. The highest BCUT2D eigenvalue weighted by molar-refractivity contribution is 9.10. The Balaban J connectivity index is 2.95.